The minimum Gasteiger partial charge on any atom is -0.488 e. The first kappa shape index (κ1) is 18.4. The van der Waals surface area contributed by atoms with E-state index in [4.69, 9.17) is 9.47 Å². The third kappa shape index (κ3) is 3.33. The molecule has 1 N–H and O–H groups in total. The number of halogens is 2. The molecule has 5 nitrogen and oxygen atoms in total. The van der Waals surface area contributed by atoms with Crippen molar-refractivity contribution >= 4 is 10.9 Å². The van der Waals surface area contributed by atoms with Gasteiger partial charge in [-0.25, -0.2) is 13.8 Å². The molecule has 4 aromatic rings. The van der Waals surface area contributed by atoms with Gasteiger partial charge in [0.1, 0.15) is 30.8 Å². The van der Waals surface area contributed by atoms with Crippen LogP contribution in [0.4, 0.5) is 8.78 Å². The molecule has 1 atom stereocenters. The minimum absolute atomic E-state index is 0.125. The van der Waals surface area contributed by atoms with Crippen molar-refractivity contribution in [1.29, 1.82) is 0 Å². The number of ether oxygens (including phenoxy) is 2. The highest BCUT2D eigenvalue weighted by Crippen LogP contribution is 2.37. The van der Waals surface area contributed by atoms with E-state index >= 15 is 0 Å². The van der Waals surface area contributed by atoms with Crippen molar-refractivity contribution in [3.05, 3.63) is 94.9 Å². The summed E-state index contributed by atoms with van der Waals surface area (Å²) in [5, 5.41) is 11.3. The Morgan fingerprint density at radius 3 is 2.83 bits per heavy atom. The molecule has 150 valence electrons. The van der Waals surface area contributed by atoms with Crippen molar-refractivity contribution in [2.45, 2.75) is 19.3 Å². The van der Waals surface area contributed by atoms with Gasteiger partial charge in [0, 0.05) is 28.8 Å². The maximum absolute atomic E-state index is 13.5. The van der Waals surface area contributed by atoms with Crippen LogP contribution in [0.2, 0.25) is 0 Å². The van der Waals surface area contributed by atoms with Crippen LogP contribution < -0.4 is 9.47 Å². The average molecular weight is 406 g/mol. The second-order valence-corrected chi connectivity index (χ2v) is 6.99. The number of rotatable bonds is 3. The molecule has 1 unspecified atom stereocenters. The lowest BCUT2D eigenvalue weighted by Gasteiger charge is -2.14. The highest BCUT2D eigenvalue weighted by atomic mass is 19.2. The van der Waals surface area contributed by atoms with Gasteiger partial charge in [0.15, 0.2) is 11.6 Å². The fraction of sp³-hybridized carbons (Fsp3) is 0.130. The third-order valence-electron chi connectivity index (χ3n) is 5.02. The lowest BCUT2D eigenvalue weighted by molar-refractivity contribution is 0.212. The van der Waals surface area contributed by atoms with Crippen molar-refractivity contribution in [3.8, 4) is 11.5 Å². The van der Waals surface area contributed by atoms with Crippen molar-refractivity contribution in [2.75, 3.05) is 0 Å². The standard InChI is InChI=1S/C23H16F2N2O3/c24-18-8-13-3-4-15(27-20(13)10-19(18)25)12-29-16-5-6-21-17(9-16)23(28)22-14(11-30-21)2-1-7-26-22/h1-10,23,28H,11-12H2. The predicted octanol–water partition coefficient (Wildman–Crippen LogP) is 4.46. The van der Waals surface area contributed by atoms with Gasteiger partial charge in [0.2, 0.25) is 0 Å². The summed E-state index contributed by atoms with van der Waals surface area (Å²) in [6.07, 6.45) is 0.701. The molecule has 0 bridgehead atoms. The molecular formula is C23H16F2N2O3. The molecule has 2 aromatic carbocycles. The van der Waals surface area contributed by atoms with Crippen molar-refractivity contribution in [1.82, 2.24) is 9.97 Å². The van der Waals surface area contributed by atoms with E-state index in [9.17, 15) is 13.9 Å². The van der Waals surface area contributed by atoms with Gasteiger partial charge in [0.05, 0.1) is 16.9 Å². The zero-order valence-electron chi connectivity index (χ0n) is 15.7. The van der Waals surface area contributed by atoms with Gasteiger partial charge in [-0.05, 0) is 36.4 Å². The molecule has 0 aliphatic carbocycles. The van der Waals surface area contributed by atoms with Crippen LogP contribution in [0.1, 0.15) is 28.6 Å². The van der Waals surface area contributed by atoms with Crippen LogP contribution in [0.5, 0.6) is 11.5 Å². The second-order valence-electron chi connectivity index (χ2n) is 6.99. The van der Waals surface area contributed by atoms with Crippen LogP contribution in [0.3, 0.4) is 0 Å². The summed E-state index contributed by atoms with van der Waals surface area (Å²) < 4.78 is 38.4. The van der Waals surface area contributed by atoms with Gasteiger partial charge >= 0.3 is 0 Å². The number of hydrogen-bond acceptors (Lipinski definition) is 5. The van der Waals surface area contributed by atoms with Crippen LogP contribution >= 0.6 is 0 Å². The number of nitrogens with zero attached hydrogens (tertiary/aromatic N) is 2. The van der Waals surface area contributed by atoms with E-state index in [1.54, 1.807) is 42.6 Å². The Morgan fingerprint density at radius 1 is 1.07 bits per heavy atom. The fourth-order valence-corrected chi connectivity index (χ4v) is 3.48. The molecule has 30 heavy (non-hydrogen) atoms. The number of fused-ring (bicyclic) bond motifs is 3. The monoisotopic (exact) mass is 406 g/mol. The molecule has 3 heterocycles. The van der Waals surface area contributed by atoms with Crippen molar-refractivity contribution < 1.29 is 23.4 Å². The number of aliphatic hydroxyl groups excluding tert-OH is 1. The highest BCUT2D eigenvalue weighted by Gasteiger charge is 2.24. The minimum atomic E-state index is -0.943. The van der Waals surface area contributed by atoms with E-state index in [2.05, 4.69) is 9.97 Å². The zero-order chi connectivity index (χ0) is 20.7. The molecule has 2 aromatic heterocycles. The van der Waals surface area contributed by atoms with E-state index in [0.717, 1.165) is 17.7 Å². The van der Waals surface area contributed by atoms with Crippen LogP contribution in [0.15, 0.2) is 60.8 Å². The summed E-state index contributed by atoms with van der Waals surface area (Å²) in [7, 11) is 0. The van der Waals surface area contributed by atoms with Gasteiger partial charge < -0.3 is 14.6 Å². The Kier molecular flexibility index (Phi) is 4.52. The first-order valence-corrected chi connectivity index (χ1v) is 9.34. The van der Waals surface area contributed by atoms with Gasteiger partial charge in [-0.3, -0.25) is 4.98 Å². The summed E-state index contributed by atoms with van der Waals surface area (Å²) >= 11 is 0. The summed E-state index contributed by atoms with van der Waals surface area (Å²) in [5.74, 6) is -0.769. The molecule has 0 fully saturated rings. The zero-order valence-corrected chi connectivity index (χ0v) is 15.7. The summed E-state index contributed by atoms with van der Waals surface area (Å²) in [5.41, 5.74) is 2.86. The van der Waals surface area contributed by atoms with Crippen LogP contribution in [-0.4, -0.2) is 15.1 Å². The van der Waals surface area contributed by atoms with Crippen LogP contribution in [0, 0.1) is 11.6 Å². The molecular weight excluding hydrogens is 390 g/mol. The van der Waals surface area contributed by atoms with Gasteiger partial charge in [-0.15, -0.1) is 0 Å². The molecule has 0 saturated carbocycles. The molecule has 0 saturated heterocycles. The number of aromatic nitrogens is 2. The largest absolute Gasteiger partial charge is 0.488 e. The molecule has 0 amide bonds. The number of pyridine rings is 2. The van der Waals surface area contributed by atoms with Gasteiger partial charge in [0.25, 0.3) is 0 Å². The van der Waals surface area contributed by atoms with Crippen LogP contribution in [0.25, 0.3) is 10.9 Å². The number of hydrogen-bond donors (Lipinski definition) is 1. The molecule has 1 aliphatic rings. The summed E-state index contributed by atoms with van der Waals surface area (Å²) in [6.45, 7) is 0.450. The number of benzene rings is 2. The number of aliphatic hydroxyl groups is 1. The highest BCUT2D eigenvalue weighted by molar-refractivity contribution is 5.78. The first-order valence-electron chi connectivity index (χ1n) is 9.34. The Hall–Kier alpha value is -3.58. The lowest BCUT2D eigenvalue weighted by atomic mass is 10.0. The predicted molar refractivity (Wildman–Crippen MR) is 105 cm³/mol. The van der Waals surface area contributed by atoms with Gasteiger partial charge in [-0.1, -0.05) is 12.1 Å². The lowest BCUT2D eigenvalue weighted by Crippen LogP contribution is -2.04. The van der Waals surface area contributed by atoms with Crippen molar-refractivity contribution in [2.24, 2.45) is 0 Å². The molecule has 7 heteroatoms. The van der Waals surface area contributed by atoms with Crippen molar-refractivity contribution in [3.63, 3.8) is 0 Å². The molecule has 0 radical (unpaired) electrons. The van der Waals surface area contributed by atoms with E-state index in [1.807, 2.05) is 6.07 Å². The topological polar surface area (TPSA) is 64.5 Å². The Labute approximate surface area is 170 Å². The second kappa shape index (κ2) is 7.35. The maximum atomic E-state index is 13.5. The Morgan fingerprint density at radius 2 is 1.93 bits per heavy atom. The SMILES string of the molecule is OC1c2cc(OCc3ccc4cc(F)c(F)cc4n3)ccc2OCc2cccnc21. The fourth-order valence-electron chi connectivity index (χ4n) is 3.48. The normalized spacial score (nSPS) is 15.1. The molecule has 5 rings (SSSR count). The summed E-state index contributed by atoms with van der Waals surface area (Å²) in [4.78, 5) is 8.61. The molecule has 0 spiro atoms. The Bertz CT molecular complexity index is 1260. The van der Waals surface area contributed by atoms with Gasteiger partial charge in [-0.2, -0.15) is 0 Å². The third-order valence-corrected chi connectivity index (χ3v) is 5.02. The quantitative estimate of drug-likeness (QED) is 0.544. The van der Waals surface area contributed by atoms with E-state index in [1.165, 1.54) is 0 Å². The molecule has 1 aliphatic heterocycles. The smallest absolute Gasteiger partial charge is 0.161 e. The first-order chi connectivity index (χ1) is 14.6. The average Bonchev–Trinajstić information content (AvgIpc) is 2.90. The van der Waals surface area contributed by atoms with E-state index < -0.39 is 17.7 Å². The van der Waals surface area contributed by atoms with E-state index in [-0.39, 0.29) is 6.61 Å². The summed E-state index contributed by atoms with van der Waals surface area (Å²) in [6, 6.07) is 14.4. The maximum Gasteiger partial charge on any atom is 0.161 e. The van der Waals surface area contributed by atoms with Crippen LogP contribution in [-0.2, 0) is 13.2 Å². The van der Waals surface area contributed by atoms with E-state index in [0.29, 0.717) is 46.0 Å². The Balaban J connectivity index is 1.39.